The molecule has 31 heavy (non-hydrogen) atoms. The number of benzene rings is 2. The predicted molar refractivity (Wildman–Crippen MR) is 116 cm³/mol. The summed E-state index contributed by atoms with van der Waals surface area (Å²) in [5, 5.41) is 9.16. The Labute approximate surface area is 178 Å². The zero-order valence-corrected chi connectivity index (χ0v) is 18.0. The zero-order valence-electron chi connectivity index (χ0n) is 17.2. The van der Waals surface area contributed by atoms with E-state index in [1.807, 2.05) is 38.1 Å². The van der Waals surface area contributed by atoms with E-state index in [0.717, 1.165) is 39.5 Å². The molecule has 1 atom stereocenters. The quantitative estimate of drug-likeness (QED) is 0.517. The molecule has 1 aliphatic rings. The van der Waals surface area contributed by atoms with Crippen LogP contribution in [0, 0.1) is 13.8 Å². The summed E-state index contributed by atoms with van der Waals surface area (Å²) in [5.41, 5.74) is 3.78. The van der Waals surface area contributed by atoms with Crippen molar-refractivity contribution >= 4 is 37.7 Å². The number of sulfone groups is 1. The van der Waals surface area contributed by atoms with E-state index in [0.29, 0.717) is 11.3 Å². The fourth-order valence-corrected chi connectivity index (χ4v) is 4.75. The Morgan fingerprint density at radius 3 is 2.71 bits per heavy atom. The summed E-state index contributed by atoms with van der Waals surface area (Å²) >= 11 is 0. The molecule has 1 aliphatic heterocycles. The molecule has 3 heterocycles. The molecule has 5 rings (SSSR count). The molecule has 0 saturated heterocycles. The average molecular weight is 436 g/mol. The monoisotopic (exact) mass is 436 g/mol. The lowest BCUT2D eigenvalue weighted by molar-refractivity contribution is 0.231. The molecule has 1 N–H and O–H groups in total. The molecule has 9 heteroatoms. The van der Waals surface area contributed by atoms with Gasteiger partial charge in [0.2, 0.25) is 0 Å². The molecular weight excluding hydrogens is 416 g/mol. The fourth-order valence-electron chi connectivity index (χ4n) is 4.11. The third-order valence-electron chi connectivity index (χ3n) is 5.55. The van der Waals surface area contributed by atoms with Crippen molar-refractivity contribution in [2.75, 3.05) is 12.9 Å². The number of hydrogen-bond acceptors (Lipinski definition) is 6. The van der Waals surface area contributed by atoms with Crippen molar-refractivity contribution in [3.8, 4) is 5.75 Å². The molecule has 1 amide bonds. The zero-order chi connectivity index (χ0) is 21.9. The number of aryl methyl sites for hydroxylation is 2. The SMILES string of the molecule is Cc1nc2ccccc2c2c1c(C)nn2C(=O)N[C@H]1COc2cc(S(C)(=O)=O)ccc21. The van der Waals surface area contributed by atoms with Gasteiger partial charge in [-0.2, -0.15) is 9.78 Å². The largest absolute Gasteiger partial charge is 0.491 e. The molecule has 0 bridgehead atoms. The minimum absolute atomic E-state index is 0.182. The standard InChI is InChI=1S/C22H20N4O4S/c1-12-20-13(2)25-26(21(20)16-6-4-5-7-17(16)23-12)22(27)24-18-11-30-19-10-14(31(3,28)29)8-9-15(18)19/h4-10,18H,11H2,1-3H3,(H,24,27)/t18-/m0/s1. The van der Waals surface area contributed by atoms with Gasteiger partial charge in [0, 0.05) is 28.3 Å². The van der Waals surface area contributed by atoms with Crippen LogP contribution in [0.15, 0.2) is 47.4 Å². The van der Waals surface area contributed by atoms with Crippen molar-refractivity contribution in [1.82, 2.24) is 20.1 Å². The number of rotatable bonds is 2. The van der Waals surface area contributed by atoms with Gasteiger partial charge in [0.1, 0.15) is 12.4 Å². The third kappa shape index (κ3) is 3.12. The first-order chi connectivity index (χ1) is 14.7. The number of para-hydroxylation sites is 1. The lowest BCUT2D eigenvalue weighted by Gasteiger charge is -2.13. The predicted octanol–water partition coefficient (Wildman–Crippen LogP) is 3.30. The Hall–Kier alpha value is -3.46. The minimum Gasteiger partial charge on any atom is -0.491 e. The highest BCUT2D eigenvalue weighted by Gasteiger charge is 2.29. The van der Waals surface area contributed by atoms with Crippen LogP contribution >= 0.6 is 0 Å². The van der Waals surface area contributed by atoms with Crippen LogP contribution in [0.1, 0.15) is 23.0 Å². The second-order valence-corrected chi connectivity index (χ2v) is 9.74. The number of amides is 1. The minimum atomic E-state index is -3.34. The van der Waals surface area contributed by atoms with Gasteiger partial charge in [0.15, 0.2) is 9.84 Å². The van der Waals surface area contributed by atoms with Crippen LogP contribution in [0.5, 0.6) is 5.75 Å². The first kappa shape index (κ1) is 19.5. The van der Waals surface area contributed by atoms with E-state index >= 15 is 0 Å². The Balaban J connectivity index is 1.55. The van der Waals surface area contributed by atoms with Gasteiger partial charge < -0.3 is 10.1 Å². The summed E-state index contributed by atoms with van der Waals surface area (Å²) in [6.07, 6.45) is 1.15. The van der Waals surface area contributed by atoms with Crippen LogP contribution in [0.25, 0.3) is 21.8 Å². The summed E-state index contributed by atoms with van der Waals surface area (Å²) in [4.78, 5) is 18.1. The number of fused-ring (bicyclic) bond motifs is 4. The smallest absolute Gasteiger partial charge is 0.343 e. The number of hydrogen-bond donors (Lipinski definition) is 1. The second kappa shape index (κ2) is 6.78. The number of aromatic nitrogens is 3. The molecule has 8 nitrogen and oxygen atoms in total. The number of nitrogens with one attached hydrogen (secondary N) is 1. The van der Waals surface area contributed by atoms with Gasteiger partial charge in [-0.1, -0.05) is 24.3 Å². The van der Waals surface area contributed by atoms with Crippen molar-refractivity contribution in [2.45, 2.75) is 24.8 Å². The molecule has 0 spiro atoms. The topological polar surface area (TPSA) is 103 Å². The van der Waals surface area contributed by atoms with E-state index in [1.165, 1.54) is 16.8 Å². The summed E-state index contributed by atoms with van der Waals surface area (Å²) < 4.78 is 30.6. The Morgan fingerprint density at radius 1 is 1.16 bits per heavy atom. The lowest BCUT2D eigenvalue weighted by Crippen LogP contribution is -2.33. The summed E-state index contributed by atoms with van der Waals surface area (Å²) in [7, 11) is -3.34. The second-order valence-electron chi connectivity index (χ2n) is 7.72. The highest BCUT2D eigenvalue weighted by molar-refractivity contribution is 7.90. The van der Waals surface area contributed by atoms with Gasteiger partial charge in [-0.05, 0) is 32.0 Å². The van der Waals surface area contributed by atoms with E-state index < -0.39 is 15.9 Å². The molecule has 2 aromatic carbocycles. The van der Waals surface area contributed by atoms with E-state index in [9.17, 15) is 13.2 Å². The van der Waals surface area contributed by atoms with Gasteiger partial charge in [0.05, 0.1) is 27.7 Å². The maximum absolute atomic E-state index is 13.2. The molecule has 158 valence electrons. The molecule has 0 aliphatic carbocycles. The maximum atomic E-state index is 13.2. The highest BCUT2D eigenvalue weighted by Crippen LogP contribution is 2.35. The Morgan fingerprint density at radius 2 is 1.94 bits per heavy atom. The number of carbonyl (C=O) groups is 1. The highest BCUT2D eigenvalue weighted by atomic mass is 32.2. The van der Waals surface area contributed by atoms with Gasteiger partial charge in [-0.3, -0.25) is 4.98 Å². The summed E-state index contributed by atoms with van der Waals surface area (Å²) in [5.74, 6) is 0.459. The number of ether oxygens (including phenoxy) is 1. The number of pyridine rings is 1. The van der Waals surface area contributed by atoms with Crippen molar-refractivity contribution < 1.29 is 17.9 Å². The van der Waals surface area contributed by atoms with Gasteiger partial charge in [-0.15, -0.1) is 0 Å². The van der Waals surface area contributed by atoms with Crippen molar-refractivity contribution in [1.29, 1.82) is 0 Å². The molecule has 2 aromatic heterocycles. The normalized spacial score (nSPS) is 15.8. The third-order valence-corrected chi connectivity index (χ3v) is 6.66. The molecule has 0 unspecified atom stereocenters. The van der Waals surface area contributed by atoms with E-state index in [4.69, 9.17) is 4.74 Å². The van der Waals surface area contributed by atoms with Crippen molar-refractivity contribution in [3.05, 3.63) is 59.4 Å². The van der Waals surface area contributed by atoms with Crippen LogP contribution in [-0.2, 0) is 9.84 Å². The van der Waals surface area contributed by atoms with Crippen LogP contribution in [0.3, 0.4) is 0 Å². The molecule has 0 saturated carbocycles. The Bertz CT molecular complexity index is 1490. The van der Waals surface area contributed by atoms with E-state index in [1.54, 1.807) is 6.07 Å². The van der Waals surface area contributed by atoms with Crippen LogP contribution in [0.4, 0.5) is 4.79 Å². The van der Waals surface area contributed by atoms with Crippen molar-refractivity contribution in [3.63, 3.8) is 0 Å². The average Bonchev–Trinajstić information content (AvgIpc) is 3.29. The van der Waals surface area contributed by atoms with Gasteiger partial charge in [-0.25, -0.2) is 13.2 Å². The number of carbonyl (C=O) groups excluding carboxylic acids is 1. The first-order valence-electron chi connectivity index (χ1n) is 9.76. The van der Waals surface area contributed by atoms with Crippen molar-refractivity contribution in [2.24, 2.45) is 0 Å². The Kier molecular flexibility index (Phi) is 4.26. The van der Waals surface area contributed by atoms with Crippen LogP contribution < -0.4 is 10.1 Å². The van der Waals surface area contributed by atoms with Gasteiger partial charge >= 0.3 is 6.03 Å². The summed E-state index contributed by atoms with van der Waals surface area (Å²) in [6, 6.07) is 11.6. The lowest BCUT2D eigenvalue weighted by atomic mass is 10.1. The van der Waals surface area contributed by atoms with E-state index in [-0.39, 0.29) is 17.5 Å². The maximum Gasteiger partial charge on any atom is 0.343 e. The fraction of sp³-hybridized carbons (Fsp3) is 0.227. The molecule has 0 radical (unpaired) electrons. The first-order valence-corrected chi connectivity index (χ1v) is 11.7. The van der Waals surface area contributed by atoms with E-state index in [2.05, 4.69) is 15.4 Å². The van der Waals surface area contributed by atoms with Crippen LogP contribution in [-0.4, -0.2) is 42.1 Å². The molecule has 0 fully saturated rings. The van der Waals surface area contributed by atoms with Crippen LogP contribution in [0.2, 0.25) is 0 Å². The molecular formula is C22H20N4O4S. The van der Waals surface area contributed by atoms with Gasteiger partial charge in [0.25, 0.3) is 0 Å². The summed E-state index contributed by atoms with van der Waals surface area (Å²) in [6.45, 7) is 3.98. The number of nitrogens with zero attached hydrogens (tertiary/aromatic N) is 3. The molecule has 4 aromatic rings.